The molecule has 1 unspecified atom stereocenters. The molecule has 3 rings (SSSR count). The third-order valence-corrected chi connectivity index (χ3v) is 3.62. The van der Waals surface area contributed by atoms with Gasteiger partial charge in [0.15, 0.2) is 0 Å². The molecule has 1 aromatic carbocycles. The van der Waals surface area contributed by atoms with Crippen LogP contribution in [0.3, 0.4) is 0 Å². The molecule has 1 N–H and O–H groups in total. The predicted molar refractivity (Wildman–Crippen MR) is 91.6 cm³/mol. The number of hydrogen-bond donors (Lipinski definition) is 1. The van der Waals surface area contributed by atoms with Crippen molar-refractivity contribution in [2.75, 3.05) is 0 Å². The van der Waals surface area contributed by atoms with Gasteiger partial charge in [0, 0.05) is 6.20 Å². The highest BCUT2D eigenvalue weighted by atomic mass is 16.5. The van der Waals surface area contributed by atoms with E-state index in [1.165, 1.54) is 17.3 Å². The van der Waals surface area contributed by atoms with Gasteiger partial charge in [-0.1, -0.05) is 18.2 Å². The van der Waals surface area contributed by atoms with Crippen molar-refractivity contribution in [3.05, 3.63) is 72.6 Å². The van der Waals surface area contributed by atoms with Gasteiger partial charge in [0.1, 0.15) is 31.6 Å². The molecule has 128 valence electrons. The molecule has 0 spiro atoms. The number of carbonyl (C=O) groups is 1. The fourth-order valence-corrected chi connectivity index (χ4v) is 2.35. The largest absolute Gasteiger partial charge is 0.487 e. The minimum atomic E-state index is -0.144. The van der Waals surface area contributed by atoms with Gasteiger partial charge in [-0.15, -0.1) is 0 Å². The number of carbonyl (C=O) groups excluding carboxylic acids is 1. The van der Waals surface area contributed by atoms with E-state index in [1.807, 2.05) is 49.4 Å². The van der Waals surface area contributed by atoms with Crippen molar-refractivity contribution < 1.29 is 9.53 Å². The molecule has 0 radical (unpaired) electrons. The van der Waals surface area contributed by atoms with Gasteiger partial charge >= 0.3 is 0 Å². The maximum absolute atomic E-state index is 12.1. The Morgan fingerprint density at radius 2 is 2.20 bits per heavy atom. The molecule has 0 bridgehead atoms. The molecule has 0 aliphatic carbocycles. The normalized spacial score (nSPS) is 11.7. The summed E-state index contributed by atoms with van der Waals surface area (Å²) in [6, 6.07) is 13.2. The summed E-state index contributed by atoms with van der Waals surface area (Å²) < 4.78 is 7.26. The molecular formula is C18H19N5O2. The van der Waals surface area contributed by atoms with Crippen LogP contribution in [-0.4, -0.2) is 25.7 Å². The van der Waals surface area contributed by atoms with Crippen molar-refractivity contribution in [1.82, 2.24) is 25.1 Å². The van der Waals surface area contributed by atoms with E-state index in [0.29, 0.717) is 6.61 Å². The summed E-state index contributed by atoms with van der Waals surface area (Å²) in [5.41, 5.74) is 1.83. The zero-order valence-electron chi connectivity index (χ0n) is 13.9. The van der Waals surface area contributed by atoms with Gasteiger partial charge in [0.25, 0.3) is 0 Å². The highest BCUT2D eigenvalue weighted by Crippen LogP contribution is 2.20. The van der Waals surface area contributed by atoms with Crippen LogP contribution < -0.4 is 10.1 Å². The van der Waals surface area contributed by atoms with E-state index in [4.69, 9.17) is 4.74 Å². The molecule has 0 aliphatic rings. The first-order valence-corrected chi connectivity index (χ1v) is 7.95. The smallest absolute Gasteiger partial charge is 0.242 e. The molecule has 7 nitrogen and oxygen atoms in total. The molecule has 0 aliphatic heterocycles. The first kappa shape index (κ1) is 16.6. The molecule has 1 atom stereocenters. The maximum atomic E-state index is 12.1. The van der Waals surface area contributed by atoms with Gasteiger partial charge < -0.3 is 10.1 Å². The molecule has 0 saturated heterocycles. The van der Waals surface area contributed by atoms with Gasteiger partial charge in [-0.25, -0.2) is 9.67 Å². The molecule has 7 heteroatoms. The number of aromatic nitrogens is 4. The van der Waals surface area contributed by atoms with Gasteiger partial charge in [0.05, 0.1) is 11.7 Å². The number of benzene rings is 1. The standard InChI is InChI=1S/C18H19N5O2/c1-14(22-18(24)10-23-13-19-12-21-23)15-5-4-7-17(9-15)25-11-16-6-2-3-8-20-16/h2-9,12-14H,10-11H2,1H3,(H,22,24). The zero-order chi connectivity index (χ0) is 17.5. The Morgan fingerprint density at radius 3 is 2.96 bits per heavy atom. The number of amides is 1. The second kappa shape index (κ2) is 8.05. The van der Waals surface area contributed by atoms with Crippen LogP contribution in [0, 0.1) is 0 Å². The van der Waals surface area contributed by atoms with Crippen molar-refractivity contribution >= 4 is 5.91 Å². The molecule has 3 aromatic rings. The number of pyridine rings is 1. The Balaban J connectivity index is 1.57. The third-order valence-electron chi connectivity index (χ3n) is 3.62. The highest BCUT2D eigenvalue weighted by molar-refractivity contribution is 5.76. The highest BCUT2D eigenvalue weighted by Gasteiger charge is 2.11. The van der Waals surface area contributed by atoms with Crippen LogP contribution in [0.15, 0.2) is 61.3 Å². The summed E-state index contributed by atoms with van der Waals surface area (Å²) in [7, 11) is 0. The van der Waals surface area contributed by atoms with E-state index in [1.54, 1.807) is 6.20 Å². The molecule has 0 saturated carbocycles. The fraction of sp³-hybridized carbons (Fsp3) is 0.222. The summed E-state index contributed by atoms with van der Waals surface area (Å²) >= 11 is 0. The van der Waals surface area contributed by atoms with Crippen LogP contribution >= 0.6 is 0 Å². The maximum Gasteiger partial charge on any atom is 0.242 e. The van der Waals surface area contributed by atoms with Gasteiger partial charge in [-0.2, -0.15) is 5.10 Å². The Morgan fingerprint density at radius 1 is 1.28 bits per heavy atom. The van der Waals surface area contributed by atoms with Crippen LogP contribution in [0.1, 0.15) is 24.2 Å². The van der Waals surface area contributed by atoms with E-state index < -0.39 is 0 Å². The lowest BCUT2D eigenvalue weighted by molar-refractivity contribution is -0.122. The predicted octanol–water partition coefficient (Wildman–Crippen LogP) is 2.13. The van der Waals surface area contributed by atoms with Crippen LogP contribution in [-0.2, 0) is 17.9 Å². The minimum Gasteiger partial charge on any atom is -0.487 e. The third kappa shape index (κ3) is 4.87. The Bertz CT molecular complexity index is 805. The van der Waals surface area contributed by atoms with E-state index in [0.717, 1.165) is 17.0 Å². The summed E-state index contributed by atoms with van der Waals surface area (Å²) in [5, 5.41) is 6.86. The molecular weight excluding hydrogens is 318 g/mol. The molecule has 1 amide bonds. The van der Waals surface area contributed by atoms with Crippen LogP contribution in [0.5, 0.6) is 5.75 Å². The van der Waals surface area contributed by atoms with Crippen molar-refractivity contribution in [3.8, 4) is 5.75 Å². The molecule has 25 heavy (non-hydrogen) atoms. The summed E-state index contributed by atoms with van der Waals surface area (Å²) in [4.78, 5) is 20.1. The van der Waals surface area contributed by atoms with E-state index in [2.05, 4.69) is 20.4 Å². The topological polar surface area (TPSA) is 81.9 Å². The van der Waals surface area contributed by atoms with Crippen LogP contribution in [0.2, 0.25) is 0 Å². The van der Waals surface area contributed by atoms with E-state index in [-0.39, 0.29) is 18.5 Å². The number of rotatable bonds is 7. The Kier molecular flexibility index (Phi) is 5.36. The number of nitrogens with zero attached hydrogens (tertiary/aromatic N) is 4. The molecule has 2 heterocycles. The minimum absolute atomic E-state index is 0.127. The average Bonchev–Trinajstić information content (AvgIpc) is 3.14. The zero-order valence-corrected chi connectivity index (χ0v) is 13.9. The fourth-order valence-electron chi connectivity index (χ4n) is 2.35. The van der Waals surface area contributed by atoms with E-state index >= 15 is 0 Å². The van der Waals surface area contributed by atoms with Crippen molar-refractivity contribution in [2.24, 2.45) is 0 Å². The van der Waals surface area contributed by atoms with Crippen molar-refractivity contribution in [2.45, 2.75) is 26.1 Å². The Hall–Kier alpha value is -3.22. The lowest BCUT2D eigenvalue weighted by Gasteiger charge is -2.15. The second-order valence-corrected chi connectivity index (χ2v) is 5.56. The van der Waals surface area contributed by atoms with Gasteiger partial charge in [0.2, 0.25) is 5.91 Å². The van der Waals surface area contributed by atoms with Gasteiger partial charge in [-0.3, -0.25) is 9.78 Å². The number of hydrogen-bond acceptors (Lipinski definition) is 5. The van der Waals surface area contributed by atoms with Crippen molar-refractivity contribution in [3.63, 3.8) is 0 Å². The second-order valence-electron chi connectivity index (χ2n) is 5.56. The first-order chi connectivity index (χ1) is 12.2. The van der Waals surface area contributed by atoms with E-state index in [9.17, 15) is 4.79 Å². The molecule has 2 aromatic heterocycles. The Labute approximate surface area is 145 Å². The summed E-state index contributed by atoms with van der Waals surface area (Å²) in [6.45, 7) is 2.47. The first-order valence-electron chi connectivity index (χ1n) is 7.95. The monoisotopic (exact) mass is 337 g/mol. The summed E-state index contributed by atoms with van der Waals surface area (Å²) in [5.74, 6) is 0.610. The van der Waals surface area contributed by atoms with Crippen LogP contribution in [0.4, 0.5) is 0 Å². The average molecular weight is 337 g/mol. The lowest BCUT2D eigenvalue weighted by atomic mass is 10.1. The summed E-state index contributed by atoms with van der Waals surface area (Å²) in [6.07, 6.45) is 4.65. The van der Waals surface area contributed by atoms with Crippen LogP contribution in [0.25, 0.3) is 0 Å². The number of nitrogens with one attached hydrogen (secondary N) is 1. The quantitative estimate of drug-likeness (QED) is 0.714. The van der Waals surface area contributed by atoms with Gasteiger partial charge in [-0.05, 0) is 36.8 Å². The van der Waals surface area contributed by atoms with Crippen molar-refractivity contribution in [1.29, 1.82) is 0 Å². The molecule has 0 fully saturated rings. The lowest BCUT2D eigenvalue weighted by Crippen LogP contribution is -2.30. The number of ether oxygens (including phenoxy) is 1. The SMILES string of the molecule is CC(NC(=O)Cn1cncn1)c1cccc(OCc2ccccn2)c1.